The molecule has 0 aliphatic rings. The van der Waals surface area contributed by atoms with Gasteiger partial charge in [-0.15, -0.1) is 0 Å². The van der Waals surface area contributed by atoms with Gasteiger partial charge in [-0.2, -0.15) is 0 Å². The molecule has 17 heavy (non-hydrogen) atoms. The first-order valence-electron chi connectivity index (χ1n) is 5.93. The van der Waals surface area contributed by atoms with Crippen LogP contribution in [0.2, 0.25) is 0 Å². The molecule has 0 radical (unpaired) electrons. The molecule has 1 amide bonds. The van der Waals surface area contributed by atoms with Crippen molar-refractivity contribution < 1.29 is 19.4 Å². The van der Waals surface area contributed by atoms with Crippen LogP contribution in [0.4, 0.5) is 4.79 Å². The average molecular weight is 245 g/mol. The van der Waals surface area contributed by atoms with Crippen molar-refractivity contribution >= 4 is 12.1 Å². The molecular formula is C12H23NO4. The summed E-state index contributed by atoms with van der Waals surface area (Å²) < 4.78 is 5.04. The first-order valence-corrected chi connectivity index (χ1v) is 5.93. The van der Waals surface area contributed by atoms with Crippen molar-refractivity contribution in [2.75, 3.05) is 0 Å². The van der Waals surface area contributed by atoms with Gasteiger partial charge in [0.05, 0.1) is 0 Å². The number of rotatable bonds is 5. The van der Waals surface area contributed by atoms with Crippen LogP contribution in [0.1, 0.15) is 47.5 Å². The van der Waals surface area contributed by atoms with E-state index in [0.717, 1.165) is 0 Å². The van der Waals surface area contributed by atoms with E-state index in [4.69, 9.17) is 9.84 Å². The van der Waals surface area contributed by atoms with Crippen LogP contribution in [-0.4, -0.2) is 28.8 Å². The first kappa shape index (κ1) is 15.7. The summed E-state index contributed by atoms with van der Waals surface area (Å²) >= 11 is 0. The number of nitrogens with one attached hydrogen (secondary N) is 1. The number of hydrogen-bond donors (Lipinski definition) is 2. The van der Waals surface area contributed by atoms with E-state index in [2.05, 4.69) is 5.32 Å². The number of carboxylic acids is 1. The predicted molar refractivity (Wildman–Crippen MR) is 64.9 cm³/mol. The maximum atomic E-state index is 11.5. The molecule has 0 spiro atoms. The minimum absolute atomic E-state index is 0.0833. The van der Waals surface area contributed by atoms with Crippen molar-refractivity contribution in [2.24, 2.45) is 5.92 Å². The molecule has 2 N–H and O–H groups in total. The third-order valence-electron chi connectivity index (χ3n) is 2.46. The second kappa shape index (κ2) is 6.47. The van der Waals surface area contributed by atoms with Gasteiger partial charge in [0.15, 0.2) is 0 Å². The lowest BCUT2D eigenvalue weighted by molar-refractivity contribution is -0.141. The molecule has 0 fully saturated rings. The largest absolute Gasteiger partial charge is 0.480 e. The monoisotopic (exact) mass is 245 g/mol. The Kier molecular flexibility index (Phi) is 5.99. The van der Waals surface area contributed by atoms with Crippen molar-refractivity contribution in [3.8, 4) is 0 Å². The summed E-state index contributed by atoms with van der Waals surface area (Å²) in [5, 5.41) is 11.5. The Balaban J connectivity index is 4.56. The number of amides is 1. The zero-order chi connectivity index (χ0) is 13.6. The molecule has 0 aromatic carbocycles. The standard InChI is InChI=1S/C12H23NO4/c1-6-8(7-2)9(10(14)15)13-11(16)17-12(3,4)5/h8-9H,6-7H2,1-5H3,(H,13,16)(H,14,15). The van der Waals surface area contributed by atoms with Crippen LogP contribution in [0.5, 0.6) is 0 Å². The maximum absolute atomic E-state index is 11.5. The second-order valence-electron chi connectivity index (χ2n) is 5.04. The molecule has 100 valence electrons. The molecule has 0 saturated heterocycles. The minimum atomic E-state index is -1.02. The molecule has 0 aromatic rings. The van der Waals surface area contributed by atoms with Crippen LogP contribution in [0.3, 0.4) is 0 Å². The Morgan fingerprint density at radius 1 is 1.24 bits per heavy atom. The molecule has 0 aromatic heterocycles. The van der Waals surface area contributed by atoms with Crippen LogP contribution >= 0.6 is 0 Å². The lowest BCUT2D eigenvalue weighted by Crippen LogP contribution is -2.47. The van der Waals surface area contributed by atoms with Gasteiger partial charge in [0.1, 0.15) is 11.6 Å². The molecule has 0 heterocycles. The summed E-state index contributed by atoms with van der Waals surface area (Å²) in [7, 11) is 0. The maximum Gasteiger partial charge on any atom is 0.408 e. The predicted octanol–water partition coefficient (Wildman–Crippen LogP) is 2.40. The highest BCUT2D eigenvalue weighted by Crippen LogP contribution is 2.14. The van der Waals surface area contributed by atoms with E-state index in [9.17, 15) is 9.59 Å². The van der Waals surface area contributed by atoms with Crippen LogP contribution in [0, 0.1) is 5.92 Å². The molecule has 5 heteroatoms. The fourth-order valence-electron chi connectivity index (χ4n) is 1.58. The van der Waals surface area contributed by atoms with Crippen LogP contribution < -0.4 is 5.32 Å². The molecule has 0 aliphatic carbocycles. The zero-order valence-corrected chi connectivity index (χ0v) is 11.2. The first-order chi connectivity index (χ1) is 7.71. The van der Waals surface area contributed by atoms with Gasteiger partial charge in [-0.25, -0.2) is 9.59 Å². The Hall–Kier alpha value is -1.26. The van der Waals surface area contributed by atoms with Crippen LogP contribution in [0.25, 0.3) is 0 Å². The highest BCUT2D eigenvalue weighted by atomic mass is 16.6. The Morgan fingerprint density at radius 3 is 2.00 bits per heavy atom. The molecule has 0 rings (SSSR count). The third kappa shape index (κ3) is 6.14. The van der Waals surface area contributed by atoms with Gasteiger partial charge >= 0.3 is 12.1 Å². The van der Waals surface area contributed by atoms with Crippen molar-refractivity contribution in [2.45, 2.75) is 59.1 Å². The fourth-order valence-corrected chi connectivity index (χ4v) is 1.58. The molecule has 1 atom stereocenters. The van der Waals surface area contributed by atoms with E-state index in [1.807, 2.05) is 13.8 Å². The molecular weight excluding hydrogens is 222 g/mol. The Labute approximate surface area is 103 Å². The van der Waals surface area contributed by atoms with E-state index >= 15 is 0 Å². The molecule has 0 aliphatic heterocycles. The number of hydrogen-bond acceptors (Lipinski definition) is 3. The fraction of sp³-hybridized carbons (Fsp3) is 0.833. The molecule has 1 unspecified atom stereocenters. The van der Waals surface area contributed by atoms with E-state index in [0.29, 0.717) is 12.8 Å². The number of carbonyl (C=O) groups is 2. The Bertz CT molecular complexity index is 266. The van der Waals surface area contributed by atoms with Gasteiger partial charge in [-0.05, 0) is 26.7 Å². The number of carbonyl (C=O) groups excluding carboxylic acids is 1. The molecule has 5 nitrogen and oxygen atoms in total. The topological polar surface area (TPSA) is 75.6 Å². The van der Waals surface area contributed by atoms with Gasteiger partial charge in [-0.3, -0.25) is 0 Å². The van der Waals surface area contributed by atoms with E-state index in [-0.39, 0.29) is 5.92 Å². The third-order valence-corrected chi connectivity index (χ3v) is 2.46. The quantitative estimate of drug-likeness (QED) is 0.779. The van der Waals surface area contributed by atoms with Crippen LogP contribution in [0.15, 0.2) is 0 Å². The van der Waals surface area contributed by atoms with E-state index < -0.39 is 23.7 Å². The summed E-state index contributed by atoms with van der Waals surface area (Å²) in [4.78, 5) is 22.6. The number of carboxylic acid groups (broad SMARTS) is 1. The lowest BCUT2D eigenvalue weighted by Gasteiger charge is -2.25. The number of ether oxygens (including phenoxy) is 1. The SMILES string of the molecule is CCC(CC)C(NC(=O)OC(C)(C)C)C(=O)O. The summed E-state index contributed by atoms with van der Waals surface area (Å²) in [6.07, 6.45) is 0.712. The van der Waals surface area contributed by atoms with Crippen molar-refractivity contribution in [1.82, 2.24) is 5.32 Å². The minimum Gasteiger partial charge on any atom is -0.480 e. The van der Waals surface area contributed by atoms with Gasteiger partial charge in [0, 0.05) is 0 Å². The zero-order valence-electron chi connectivity index (χ0n) is 11.2. The van der Waals surface area contributed by atoms with Gasteiger partial charge in [0.25, 0.3) is 0 Å². The average Bonchev–Trinajstić information content (AvgIpc) is 2.14. The Morgan fingerprint density at radius 2 is 1.71 bits per heavy atom. The summed E-state index contributed by atoms with van der Waals surface area (Å²) in [5.74, 6) is -1.11. The van der Waals surface area contributed by atoms with Crippen LogP contribution in [-0.2, 0) is 9.53 Å². The normalized spacial score (nSPS) is 13.3. The van der Waals surface area contributed by atoms with Gasteiger partial charge < -0.3 is 15.2 Å². The highest BCUT2D eigenvalue weighted by molar-refractivity contribution is 5.80. The van der Waals surface area contributed by atoms with Gasteiger partial charge in [0.2, 0.25) is 0 Å². The smallest absolute Gasteiger partial charge is 0.408 e. The highest BCUT2D eigenvalue weighted by Gasteiger charge is 2.29. The molecule has 0 saturated carbocycles. The summed E-state index contributed by atoms with van der Waals surface area (Å²) in [6.45, 7) is 9.01. The van der Waals surface area contributed by atoms with Crippen molar-refractivity contribution in [3.63, 3.8) is 0 Å². The lowest BCUT2D eigenvalue weighted by atomic mass is 9.94. The summed E-state index contributed by atoms with van der Waals surface area (Å²) in [5.41, 5.74) is -0.624. The van der Waals surface area contributed by atoms with E-state index in [1.54, 1.807) is 20.8 Å². The number of alkyl carbamates (subject to hydrolysis) is 1. The van der Waals surface area contributed by atoms with E-state index in [1.165, 1.54) is 0 Å². The number of aliphatic carboxylic acids is 1. The van der Waals surface area contributed by atoms with Crippen molar-refractivity contribution in [1.29, 1.82) is 0 Å². The second-order valence-corrected chi connectivity index (χ2v) is 5.04. The molecule has 0 bridgehead atoms. The van der Waals surface area contributed by atoms with Crippen molar-refractivity contribution in [3.05, 3.63) is 0 Å². The van der Waals surface area contributed by atoms with Gasteiger partial charge in [-0.1, -0.05) is 26.7 Å². The summed E-state index contributed by atoms with van der Waals surface area (Å²) in [6, 6.07) is -0.889.